The molecule has 0 aliphatic carbocycles. The zero-order valence-electron chi connectivity index (χ0n) is 14.1. The quantitative estimate of drug-likeness (QED) is 0.743. The summed E-state index contributed by atoms with van der Waals surface area (Å²) in [6, 6.07) is 6.64. The Morgan fingerprint density at radius 1 is 1.38 bits per heavy atom. The molecule has 2 aliphatic rings. The molecule has 0 radical (unpaired) electrons. The fraction of sp³-hybridized carbons (Fsp3) is 0.611. The van der Waals surface area contributed by atoms with Gasteiger partial charge in [-0.05, 0) is 30.5 Å². The molecule has 132 valence electrons. The summed E-state index contributed by atoms with van der Waals surface area (Å²) in [5.41, 5.74) is 7.24. The van der Waals surface area contributed by atoms with Gasteiger partial charge in [0, 0.05) is 31.7 Å². The first-order chi connectivity index (χ1) is 11.7. The van der Waals surface area contributed by atoms with E-state index in [0.29, 0.717) is 19.7 Å². The Morgan fingerprint density at radius 2 is 2.17 bits per heavy atom. The van der Waals surface area contributed by atoms with Gasteiger partial charge in [-0.15, -0.1) is 0 Å². The number of benzene rings is 1. The fourth-order valence-corrected chi connectivity index (χ4v) is 3.63. The summed E-state index contributed by atoms with van der Waals surface area (Å²) in [7, 11) is 0. The average molecular weight is 335 g/mol. The minimum absolute atomic E-state index is 0.0310. The second-order valence-corrected chi connectivity index (χ2v) is 6.66. The van der Waals surface area contributed by atoms with Gasteiger partial charge in [0.05, 0.1) is 12.0 Å². The summed E-state index contributed by atoms with van der Waals surface area (Å²) < 4.78 is 18.9. The second kappa shape index (κ2) is 8.05. The summed E-state index contributed by atoms with van der Waals surface area (Å²) in [5.74, 6) is 0.0448. The van der Waals surface area contributed by atoms with Crippen LogP contribution in [0.25, 0.3) is 0 Å². The number of amides is 1. The van der Waals surface area contributed by atoms with Crippen molar-refractivity contribution in [3.05, 3.63) is 35.6 Å². The molecule has 2 aliphatic heterocycles. The van der Waals surface area contributed by atoms with E-state index in [4.69, 9.17) is 4.74 Å². The van der Waals surface area contributed by atoms with Crippen LogP contribution in [0.1, 0.15) is 37.9 Å². The fourth-order valence-electron chi connectivity index (χ4n) is 3.63. The van der Waals surface area contributed by atoms with Gasteiger partial charge in [0.25, 0.3) is 0 Å². The topological polar surface area (TPSA) is 62.4 Å². The molecule has 4 atom stereocenters. The Bertz CT molecular complexity index is 552. The maximum Gasteiger partial charge on any atom is 0.226 e. The average Bonchev–Trinajstić information content (AvgIpc) is 3.23. The number of halogens is 1. The van der Waals surface area contributed by atoms with E-state index in [-0.39, 0.29) is 35.7 Å². The first-order valence-corrected chi connectivity index (χ1v) is 8.82. The van der Waals surface area contributed by atoms with E-state index in [2.05, 4.69) is 23.1 Å². The molecule has 24 heavy (non-hydrogen) atoms. The predicted octanol–water partition coefficient (Wildman–Crippen LogP) is 1.91. The predicted molar refractivity (Wildman–Crippen MR) is 89.5 cm³/mol. The first-order valence-electron chi connectivity index (χ1n) is 8.82. The Labute approximate surface area is 142 Å². The van der Waals surface area contributed by atoms with Crippen LogP contribution in [0.3, 0.4) is 0 Å². The lowest BCUT2D eigenvalue weighted by Gasteiger charge is -2.22. The van der Waals surface area contributed by atoms with Crippen LogP contribution in [0.15, 0.2) is 24.3 Å². The van der Waals surface area contributed by atoms with Crippen LogP contribution in [0, 0.1) is 17.7 Å². The molecule has 0 spiro atoms. The third kappa shape index (κ3) is 3.94. The lowest BCUT2D eigenvalue weighted by molar-refractivity contribution is -0.125. The highest BCUT2D eigenvalue weighted by atomic mass is 19.1. The van der Waals surface area contributed by atoms with E-state index < -0.39 is 0 Å². The number of hydrogen-bond acceptors (Lipinski definition) is 4. The van der Waals surface area contributed by atoms with Crippen LogP contribution < -0.4 is 16.2 Å². The van der Waals surface area contributed by atoms with Gasteiger partial charge in [-0.25, -0.2) is 4.39 Å². The van der Waals surface area contributed by atoms with E-state index in [1.165, 1.54) is 12.1 Å². The number of rotatable bonds is 6. The van der Waals surface area contributed by atoms with E-state index >= 15 is 0 Å². The van der Waals surface area contributed by atoms with E-state index in [1.54, 1.807) is 12.1 Å². The molecule has 2 saturated heterocycles. The maximum atomic E-state index is 13.1. The van der Waals surface area contributed by atoms with Crippen LogP contribution in [0.4, 0.5) is 4.39 Å². The van der Waals surface area contributed by atoms with Crippen molar-refractivity contribution in [3.63, 3.8) is 0 Å². The van der Waals surface area contributed by atoms with Gasteiger partial charge >= 0.3 is 0 Å². The SMILES string of the molecule is CCCC1NNCC1C(=O)NC[C@@H]1CCO[C@H]1c1ccc(F)cc1. The normalized spacial score (nSPS) is 29.8. The van der Waals surface area contributed by atoms with Crippen molar-refractivity contribution in [2.24, 2.45) is 11.8 Å². The van der Waals surface area contributed by atoms with Crippen molar-refractivity contribution < 1.29 is 13.9 Å². The minimum Gasteiger partial charge on any atom is -0.373 e. The van der Waals surface area contributed by atoms with Gasteiger partial charge < -0.3 is 10.1 Å². The maximum absolute atomic E-state index is 13.1. The number of nitrogens with one attached hydrogen (secondary N) is 3. The molecule has 1 aromatic carbocycles. The van der Waals surface area contributed by atoms with Crippen LogP contribution >= 0.6 is 0 Å². The zero-order valence-corrected chi connectivity index (χ0v) is 14.1. The van der Waals surface area contributed by atoms with Crippen molar-refractivity contribution in [1.82, 2.24) is 16.2 Å². The molecule has 5 nitrogen and oxygen atoms in total. The monoisotopic (exact) mass is 335 g/mol. The van der Waals surface area contributed by atoms with Gasteiger partial charge in [0.2, 0.25) is 5.91 Å². The Hall–Kier alpha value is -1.50. The van der Waals surface area contributed by atoms with Crippen LogP contribution in [0.5, 0.6) is 0 Å². The standard InChI is InChI=1S/C18H26FN3O2/c1-2-3-16-15(11-21-22-16)18(23)20-10-13-8-9-24-17(13)12-4-6-14(19)7-5-12/h4-7,13,15-17,21-22H,2-3,8-11H2,1H3,(H,20,23)/t13-,15?,16?,17-/m0/s1. The summed E-state index contributed by atoms with van der Waals surface area (Å²) in [5, 5.41) is 3.09. The number of carbonyl (C=O) groups excluding carboxylic acids is 1. The van der Waals surface area contributed by atoms with Gasteiger partial charge in [0.15, 0.2) is 0 Å². The first kappa shape index (κ1) is 17.3. The number of ether oxygens (including phenoxy) is 1. The molecule has 1 aromatic rings. The Kier molecular flexibility index (Phi) is 5.81. The molecule has 0 saturated carbocycles. The van der Waals surface area contributed by atoms with Gasteiger partial charge in [0.1, 0.15) is 5.82 Å². The largest absolute Gasteiger partial charge is 0.373 e. The summed E-state index contributed by atoms with van der Waals surface area (Å²) in [6.45, 7) is 4.06. The molecule has 0 aromatic heterocycles. The minimum atomic E-state index is -0.246. The van der Waals surface area contributed by atoms with Crippen molar-refractivity contribution in [2.75, 3.05) is 19.7 Å². The number of carbonyl (C=O) groups is 1. The van der Waals surface area contributed by atoms with E-state index in [9.17, 15) is 9.18 Å². The highest BCUT2D eigenvalue weighted by molar-refractivity contribution is 5.80. The Morgan fingerprint density at radius 3 is 2.92 bits per heavy atom. The summed E-state index contributed by atoms with van der Waals surface area (Å²) in [6.07, 6.45) is 2.86. The second-order valence-electron chi connectivity index (χ2n) is 6.66. The van der Waals surface area contributed by atoms with Gasteiger partial charge in [-0.2, -0.15) is 0 Å². The molecule has 2 unspecified atom stereocenters. The summed E-state index contributed by atoms with van der Waals surface area (Å²) in [4.78, 5) is 12.5. The lowest BCUT2D eigenvalue weighted by Crippen LogP contribution is -2.41. The molecule has 2 heterocycles. The highest BCUT2D eigenvalue weighted by Crippen LogP contribution is 2.34. The highest BCUT2D eigenvalue weighted by Gasteiger charge is 2.34. The molecule has 6 heteroatoms. The zero-order chi connectivity index (χ0) is 16.9. The van der Waals surface area contributed by atoms with Crippen LogP contribution in [0.2, 0.25) is 0 Å². The number of hydrogen-bond donors (Lipinski definition) is 3. The molecular weight excluding hydrogens is 309 g/mol. The van der Waals surface area contributed by atoms with Gasteiger partial charge in [-0.3, -0.25) is 15.6 Å². The third-order valence-electron chi connectivity index (χ3n) is 4.98. The van der Waals surface area contributed by atoms with Crippen molar-refractivity contribution in [2.45, 2.75) is 38.3 Å². The lowest BCUT2D eigenvalue weighted by atomic mass is 9.94. The Balaban J connectivity index is 1.55. The number of hydrazine groups is 1. The molecule has 2 fully saturated rings. The third-order valence-corrected chi connectivity index (χ3v) is 4.98. The molecule has 3 rings (SSSR count). The molecule has 1 amide bonds. The van der Waals surface area contributed by atoms with Crippen molar-refractivity contribution >= 4 is 5.91 Å². The van der Waals surface area contributed by atoms with Gasteiger partial charge in [-0.1, -0.05) is 25.5 Å². The smallest absolute Gasteiger partial charge is 0.226 e. The van der Waals surface area contributed by atoms with E-state index in [0.717, 1.165) is 24.8 Å². The van der Waals surface area contributed by atoms with Crippen molar-refractivity contribution in [3.8, 4) is 0 Å². The van der Waals surface area contributed by atoms with Crippen LogP contribution in [-0.4, -0.2) is 31.6 Å². The molecular formula is C18H26FN3O2. The van der Waals surface area contributed by atoms with E-state index in [1.807, 2.05) is 0 Å². The molecule has 3 N–H and O–H groups in total. The van der Waals surface area contributed by atoms with Crippen LogP contribution in [-0.2, 0) is 9.53 Å². The van der Waals surface area contributed by atoms with Crippen molar-refractivity contribution in [1.29, 1.82) is 0 Å². The summed E-state index contributed by atoms with van der Waals surface area (Å²) >= 11 is 0. The molecule has 0 bridgehead atoms.